The summed E-state index contributed by atoms with van der Waals surface area (Å²) >= 11 is 0. The fourth-order valence-electron chi connectivity index (χ4n) is 1.78. The number of aliphatic hydroxyl groups is 2. The van der Waals surface area contributed by atoms with Crippen LogP contribution < -0.4 is 29.6 Å². The van der Waals surface area contributed by atoms with Crippen LogP contribution in [0.2, 0.25) is 0 Å². The summed E-state index contributed by atoms with van der Waals surface area (Å²) in [7, 11) is -4.75. The normalized spacial score (nSPS) is 27.3. The van der Waals surface area contributed by atoms with Crippen LogP contribution in [0.3, 0.4) is 0 Å². The minimum absolute atomic E-state index is 0. The van der Waals surface area contributed by atoms with E-state index in [4.69, 9.17) is 19.3 Å². The minimum atomic E-state index is -4.75. The molecule has 0 unspecified atom stereocenters. The van der Waals surface area contributed by atoms with Gasteiger partial charge in [-0.05, 0) is 12.1 Å². The third-order valence-electron chi connectivity index (χ3n) is 2.85. The molecule has 10 nitrogen and oxygen atoms in total. The van der Waals surface area contributed by atoms with Crippen molar-refractivity contribution in [3.8, 4) is 0 Å². The van der Waals surface area contributed by atoms with Crippen molar-refractivity contribution >= 4 is 13.8 Å². The van der Waals surface area contributed by atoms with Gasteiger partial charge in [0.25, 0.3) is 0 Å². The first-order chi connectivity index (χ1) is 10.3. The summed E-state index contributed by atoms with van der Waals surface area (Å²) in [5.74, 6) is -0.832. The number of nitrogens with zero attached hydrogens (tertiary/aromatic N) is 1. The molecule has 0 bridgehead atoms. The first kappa shape index (κ1) is 20.7. The van der Waals surface area contributed by atoms with E-state index >= 15 is 0 Å². The maximum Gasteiger partial charge on any atom is 1.00 e. The molecule has 0 aliphatic carbocycles. The van der Waals surface area contributed by atoms with E-state index in [1.165, 1.54) is 24.5 Å². The van der Waals surface area contributed by atoms with Crippen LogP contribution in [0.1, 0.15) is 10.4 Å². The largest absolute Gasteiger partial charge is 1.00 e. The number of hydrogen-bond acceptors (Lipinski definition) is 8. The van der Waals surface area contributed by atoms with E-state index < -0.39 is 45.0 Å². The second-order valence-electron chi connectivity index (χ2n) is 4.46. The van der Waals surface area contributed by atoms with E-state index in [-0.39, 0.29) is 35.1 Å². The second-order valence-corrected chi connectivity index (χ2v) is 5.70. The summed E-state index contributed by atoms with van der Waals surface area (Å²) in [5.41, 5.74) is 0.114. The Morgan fingerprint density at radius 1 is 1.35 bits per heavy atom. The van der Waals surface area contributed by atoms with Crippen molar-refractivity contribution < 1.29 is 72.9 Å². The van der Waals surface area contributed by atoms with Gasteiger partial charge in [-0.1, -0.05) is 0 Å². The average molecular weight is 358 g/mol. The molecule has 0 amide bonds. The minimum Gasteiger partial charge on any atom is -0.429 e. The van der Waals surface area contributed by atoms with Crippen LogP contribution in [0.5, 0.6) is 0 Å². The van der Waals surface area contributed by atoms with Crippen LogP contribution in [-0.2, 0) is 18.6 Å². The van der Waals surface area contributed by atoms with Crippen LogP contribution in [0.4, 0.5) is 0 Å². The van der Waals surface area contributed by atoms with Gasteiger partial charge in [0.1, 0.15) is 18.3 Å². The number of phosphoric acid groups is 1. The predicted octanol–water partition coefficient (Wildman–Crippen LogP) is -4.20. The van der Waals surface area contributed by atoms with Crippen LogP contribution in [0.25, 0.3) is 0 Å². The zero-order chi connectivity index (χ0) is 16.3. The molecule has 122 valence electrons. The predicted molar refractivity (Wildman–Crippen MR) is 68.3 cm³/mol. The van der Waals surface area contributed by atoms with Gasteiger partial charge in [0, 0.05) is 12.4 Å². The molecular formula is C11H14NNaO9P+. The number of pyridine rings is 1. The summed E-state index contributed by atoms with van der Waals surface area (Å²) < 4.78 is 24.7. The molecule has 4 N–H and O–H groups in total. The van der Waals surface area contributed by atoms with Crippen molar-refractivity contribution in [2.45, 2.75) is 24.6 Å². The topological polar surface area (TPSA) is 156 Å². The Hall–Kier alpha value is -0.390. The Labute approximate surface area is 152 Å². The number of phosphoric ester groups is 1. The van der Waals surface area contributed by atoms with Gasteiger partial charge in [-0.3, -0.25) is 9.51 Å². The van der Waals surface area contributed by atoms with Crippen molar-refractivity contribution in [2.24, 2.45) is 0 Å². The van der Waals surface area contributed by atoms with Gasteiger partial charge < -0.3 is 29.5 Å². The smallest absolute Gasteiger partial charge is 0.429 e. The van der Waals surface area contributed by atoms with Crippen LogP contribution in [0.15, 0.2) is 24.5 Å². The number of rotatable bonds is 5. The maximum absolute atomic E-state index is 11.8. The summed E-state index contributed by atoms with van der Waals surface area (Å²) in [6.45, 7) is -0.677. The number of aliphatic hydroxyl groups excluding tert-OH is 2. The van der Waals surface area contributed by atoms with Crippen molar-refractivity contribution in [1.29, 1.82) is 0 Å². The fourth-order valence-corrected chi connectivity index (χ4v) is 2.12. The Morgan fingerprint density at radius 3 is 2.61 bits per heavy atom. The molecule has 2 heterocycles. The molecule has 0 spiro atoms. The second kappa shape index (κ2) is 8.63. The molecule has 1 aromatic heterocycles. The van der Waals surface area contributed by atoms with Gasteiger partial charge >= 0.3 is 43.3 Å². The molecular weight excluding hydrogens is 344 g/mol. The van der Waals surface area contributed by atoms with Crippen LogP contribution in [0, 0.1) is 0 Å². The third kappa shape index (κ3) is 5.87. The van der Waals surface area contributed by atoms with Gasteiger partial charge in [0.05, 0.1) is 12.2 Å². The van der Waals surface area contributed by atoms with Gasteiger partial charge in [0.15, 0.2) is 0 Å². The third-order valence-corrected chi connectivity index (χ3v) is 3.33. The molecule has 1 aliphatic heterocycles. The first-order valence-corrected chi connectivity index (χ1v) is 7.63. The fraction of sp³-hybridized carbons (Fsp3) is 0.455. The van der Waals surface area contributed by atoms with Gasteiger partial charge in [-0.25, -0.2) is 9.36 Å². The molecule has 0 radical (unpaired) electrons. The molecule has 1 fully saturated rings. The number of carbonyl (C=O) groups is 1. The molecule has 1 saturated heterocycles. The molecule has 0 saturated carbocycles. The van der Waals surface area contributed by atoms with Gasteiger partial charge in [-0.15, -0.1) is 0 Å². The standard InChI is InChI=1S/C11H14NO9P.Na/c13-8-7(5-19-22(16,17)18)20-11(9(8)14)21-10(15)6-2-1-3-12-4-6;/h1-4,7-9,11,13-14H,5H2,(H2,16,17,18);/q;+1/t7-,8-,9-,11-;/m1./s1. The number of hydrogen-bond donors (Lipinski definition) is 4. The maximum atomic E-state index is 11.8. The average Bonchev–Trinajstić information content (AvgIpc) is 2.73. The zero-order valence-corrected chi connectivity index (χ0v) is 14.9. The summed E-state index contributed by atoms with van der Waals surface area (Å²) in [5, 5.41) is 19.4. The van der Waals surface area contributed by atoms with Crippen molar-refractivity contribution in [2.75, 3.05) is 6.61 Å². The summed E-state index contributed by atoms with van der Waals surface area (Å²) in [6.07, 6.45) is -3.16. The van der Waals surface area contributed by atoms with Gasteiger partial charge in [-0.2, -0.15) is 0 Å². The quantitative estimate of drug-likeness (QED) is 0.231. The first-order valence-electron chi connectivity index (χ1n) is 6.10. The summed E-state index contributed by atoms with van der Waals surface area (Å²) in [4.78, 5) is 32.7. The van der Waals surface area contributed by atoms with E-state index in [2.05, 4.69) is 9.51 Å². The molecule has 4 atom stereocenters. The van der Waals surface area contributed by atoms with Crippen molar-refractivity contribution in [3.63, 3.8) is 0 Å². The van der Waals surface area contributed by atoms with Gasteiger partial charge in [0.2, 0.25) is 6.29 Å². The molecule has 0 aromatic carbocycles. The Kier molecular flexibility index (Phi) is 7.75. The Morgan fingerprint density at radius 2 is 2.04 bits per heavy atom. The molecule has 12 heteroatoms. The molecule has 1 aromatic rings. The Balaban J connectivity index is 0.00000264. The van der Waals surface area contributed by atoms with E-state index in [1.54, 1.807) is 0 Å². The van der Waals surface area contributed by atoms with Crippen molar-refractivity contribution in [3.05, 3.63) is 30.1 Å². The monoisotopic (exact) mass is 358 g/mol. The number of esters is 1. The number of carbonyl (C=O) groups excluding carboxylic acids is 1. The van der Waals surface area contributed by atoms with E-state index in [0.29, 0.717) is 0 Å². The number of ether oxygens (including phenoxy) is 2. The van der Waals surface area contributed by atoms with Crippen LogP contribution >= 0.6 is 7.82 Å². The molecule has 1 aliphatic rings. The van der Waals surface area contributed by atoms with E-state index in [1.807, 2.05) is 0 Å². The van der Waals surface area contributed by atoms with Crippen molar-refractivity contribution in [1.82, 2.24) is 4.98 Å². The molecule has 2 rings (SSSR count). The van der Waals surface area contributed by atoms with Crippen LogP contribution in [-0.4, -0.2) is 62.2 Å². The number of aromatic nitrogens is 1. The van der Waals surface area contributed by atoms with E-state index in [0.717, 1.165) is 0 Å². The molecule has 23 heavy (non-hydrogen) atoms. The van der Waals surface area contributed by atoms with E-state index in [9.17, 15) is 19.6 Å². The Bertz CT molecular complexity index is 568. The summed E-state index contributed by atoms with van der Waals surface area (Å²) in [6, 6.07) is 2.94. The zero-order valence-electron chi connectivity index (χ0n) is 12.1. The SMILES string of the molecule is O=C(O[C@H]1O[C@H](COP(=O)(O)O)[C@@H](O)[C@H]1O)c1cccnc1.[Na+].